The van der Waals surface area contributed by atoms with Crippen LogP contribution >= 0.6 is 0 Å². The molecule has 0 aromatic carbocycles. The van der Waals surface area contributed by atoms with E-state index in [0.717, 1.165) is 0 Å². The van der Waals surface area contributed by atoms with E-state index in [1.807, 2.05) is 18.2 Å². The van der Waals surface area contributed by atoms with Gasteiger partial charge in [-0.3, -0.25) is 0 Å². The number of pyridine rings is 1. The van der Waals surface area contributed by atoms with Gasteiger partial charge < -0.3 is 9.16 Å². The first-order valence-corrected chi connectivity index (χ1v) is 10.2. The van der Waals surface area contributed by atoms with Crippen LogP contribution in [0.5, 0.6) is 5.88 Å². The minimum Gasteiger partial charge on any atom is -0.464 e. The number of ether oxygens (including phenoxy) is 1. The molecular weight excluding hydrogens is 290 g/mol. The Morgan fingerprint density at radius 1 is 0.955 bits per heavy atom. The van der Waals surface area contributed by atoms with Gasteiger partial charge in [0.1, 0.15) is 0 Å². The van der Waals surface area contributed by atoms with Crippen molar-refractivity contribution in [1.29, 1.82) is 0 Å². The summed E-state index contributed by atoms with van der Waals surface area (Å²) >= 11 is 0. The lowest BCUT2D eigenvalue weighted by Gasteiger charge is -2.41. The molecule has 0 aliphatic heterocycles. The standard InChI is InChI=1S/C18H29NO2Si/c1-15(2)22(16(3)4,17(5)6)21-14-10-9-13-20-18-11-7-8-12-19-18/h7-8,11-12,15-17H,13-14H2,1-6H3. The van der Waals surface area contributed by atoms with Gasteiger partial charge in [0.05, 0.1) is 6.61 Å². The lowest BCUT2D eigenvalue weighted by atomic mass is 10.5. The molecule has 0 amide bonds. The first kappa shape index (κ1) is 18.7. The molecular formula is C18H29NO2Si. The van der Waals surface area contributed by atoms with Gasteiger partial charge >= 0.3 is 0 Å². The predicted molar refractivity (Wildman–Crippen MR) is 94.5 cm³/mol. The van der Waals surface area contributed by atoms with Gasteiger partial charge in [-0.15, -0.1) is 0 Å². The largest absolute Gasteiger partial charge is 0.464 e. The van der Waals surface area contributed by atoms with E-state index in [1.165, 1.54) is 0 Å². The average molecular weight is 320 g/mol. The SMILES string of the molecule is CC(C)[Si](OCC#CCOc1ccccn1)(C(C)C)C(C)C. The van der Waals surface area contributed by atoms with Crippen LogP contribution in [-0.2, 0) is 4.43 Å². The lowest BCUT2D eigenvalue weighted by Crippen LogP contribution is -2.47. The maximum absolute atomic E-state index is 6.36. The van der Waals surface area contributed by atoms with E-state index in [-0.39, 0.29) is 0 Å². The van der Waals surface area contributed by atoms with Crippen molar-refractivity contribution in [3.8, 4) is 17.7 Å². The smallest absolute Gasteiger partial charge is 0.214 e. The Balaban J connectivity index is 2.52. The van der Waals surface area contributed by atoms with Crippen molar-refractivity contribution in [2.45, 2.75) is 58.2 Å². The van der Waals surface area contributed by atoms with Crippen molar-refractivity contribution in [3.63, 3.8) is 0 Å². The molecule has 1 rings (SSSR count). The lowest BCUT2D eigenvalue weighted by molar-refractivity contribution is 0.321. The van der Waals surface area contributed by atoms with Crippen LogP contribution in [0.1, 0.15) is 41.5 Å². The molecule has 0 fully saturated rings. The summed E-state index contributed by atoms with van der Waals surface area (Å²) in [5.41, 5.74) is 1.75. The second-order valence-electron chi connectivity index (χ2n) is 6.42. The molecule has 1 aromatic heterocycles. The molecule has 0 aliphatic carbocycles. The van der Waals surface area contributed by atoms with Crippen molar-refractivity contribution < 1.29 is 9.16 Å². The van der Waals surface area contributed by atoms with E-state index in [4.69, 9.17) is 9.16 Å². The number of nitrogens with zero attached hydrogens (tertiary/aromatic N) is 1. The summed E-state index contributed by atoms with van der Waals surface area (Å²) in [6.45, 7) is 14.5. The van der Waals surface area contributed by atoms with Gasteiger partial charge in [0.25, 0.3) is 0 Å². The van der Waals surface area contributed by atoms with Gasteiger partial charge in [-0.25, -0.2) is 4.98 Å². The molecule has 0 saturated heterocycles. The van der Waals surface area contributed by atoms with Gasteiger partial charge in [-0.2, -0.15) is 0 Å². The normalized spacial score (nSPS) is 11.7. The van der Waals surface area contributed by atoms with Crippen molar-refractivity contribution in [1.82, 2.24) is 4.98 Å². The van der Waals surface area contributed by atoms with Crippen LogP contribution in [0.15, 0.2) is 24.4 Å². The highest BCUT2D eigenvalue weighted by Crippen LogP contribution is 2.41. The molecule has 1 heterocycles. The highest BCUT2D eigenvalue weighted by molar-refractivity contribution is 6.77. The van der Waals surface area contributed by atoms with Crippen LogP contribution in [0, 0.1) is 11.8 Å². The Morgan fingerprint density at radius 3 is 2.05 bits per heavy atom. The maximum Gasteiger partial charge on any atom is 0.214 e. The molecule has 0 radical (unpaired) electrons. The monoisotopic (exact) mass is 319 g/mol. The third kappa shape index (κ3) is 4.86. The van der Waals surface area contributed by atoms with Crippen LogP contribution in [0.4, 0.5) is 0 Å². The molecule has 0 bridgehead atoms. The molecule has 1 aromatic rings. The molecule has 0 saturated carbocycles. The quantitative estimate of drug-likeness (QED) is 0.541. The first-order valence-electron chi connectivity index (χ1n) is 8.04. The minimum atomic E-state index is -1.81. The fourth-order valence-corrected chi connectivity index (χ4v) is 8.63. The van der Waals surface area contributed by atoms with E-state index in [2.05, 4.69) is 58.4 Å². The molecule has 3 nitrogen and oxygen atoms in total. The molecule has 22 heavy (non-hydrogen) atoms. The molecule has 0 aliphatic rings. The molecule has 0 unspecified atom stereocenters. The third-order valence-corrected chi connectivity index (χ3v) is 10.2. The molecule has 0 spiro atoms. The summed E-state index contributed by atoms with van der Waals surface area (Å²) in [5.74, 6) is 6.70. The zero-order valence-corrected chi connectivity index (χ0v) is 15.7. The Hall–Kier alpha value is -1.31. The summed E-state index contributed by atoms with van der Waals surface area (Å²) in [7, 11) is -1.81. The molecule has 0 atom stereocenters. The molecule has 122 valence electrons. The van der Waals surface area contributed by atoms with Gasteiger partial charge in [-0.05, 0) is 22.7 Å². The second kappa shape index (κ2) is 8.97. The number of hydrogen-bond acceptors (Lipinski definition) is 3. The fraction of sp³-hybridized carbons (Fsp3) is 0.611. The zero-order chi connectivity index (χ0) is 16.6. The van der Waals surface area contributed by atoms with Crippen molar-refractivity contribution in [2.75, 3.05) is 13.2 Å². The number of rotatable bonds is 7. The Bertz CT molecular complexity index is 467. The Kier molecular flexibility index (Phi) is 7.64. The van der Waals surface area contributed by atoms with Crippen LogP contribution in [-0.4, -0.2) is 26.5 Å². The molecule has 0 N–H and O–H groups in total. The van der Waals surface area contributed by atoms with E-state index >= 15 is 0 Å². The topological polar surface area (TPSA) is 31.4 Å². The van der Waals surface area contributed by atoms with Gasteiger partial charge in [0, 0.05) is 12.3 Å². The van der Waals surface area contributed by atoms with Crippen LogP contribution < -0.4 is 4.74 Å². The van der Waals surface area contributed by atoms with Gasteiger partial charge in [0.15, 0.2) is 6.61 Å². The van der Waals surface area contributed by atoms with Crippen molar-refractivity contribution >= 4 is 8.32 Å². The highest BCUT2D eigenvalue weighted by atomic mass is 28.4. The van der Waals surface area contributed by atoms with Gasteiger partial charge in [0.2, 0.25) is 14.2 Å². The van der Waals surface area contributed by atoms with E-state index < -0.39 is 8.32 Å². The predicted octanol–water partition coefficient (Wildman–Crippen LogP) is 4.66. The summed E-state index contributed by atoms with van der Waals surface area (Å²) in [5, 5.41) is 0. The summed E-state index contributed by atoms with van der Waals surface area (Å²) in [4.78, 5) is 4.09. The fourth-order valence-electron chi connectivity index (χ4n) is 3.31. The van der Waals surface area contributed by atoms with Crippen molar-refractivity contribution in [3.05, 3.63) is 24.4 Å². The Morgan fingerprint density at radius 2 is 1.55 bits per heavy atom. The highest BCUT2D eigenvalue weighted by Gasteiger charge is 2.44. The van der Waals surface area contributed by atoms with Crippen molar-refractivity contribution in [2.24, 2.45) is 0 Å². The van der Waals surface area contributed by atoms with Gasteiger partial charge in [-0.1, -0.05) is 59.4 Å². The second-order valence-corrected chi connectivity index (χ2v) is 11.9. The summed E-state index contributed by atoms with van der Waals surface area (Å²) in [6.07, 6.45) is 1.71. The number of hydrogen-bond donors (Lipinski definition) is 0. The first-order chi connectivity index (χ1) is 10.4. The summed E-state index contributed by atoms with van der Waals surface area (Å²) < 4.78 is 11.8. The maximum atomic E-state index is 6.36. The minimum absolute atomic E-state index is 0.347. The Labute approximate surface area is 136 Å². The molecule has 4 heteroatoms. The average Bonchev–Trinajstić information content (AvgIpc) is 2.46. The van der Waals surface area contributed by atoms with Crippen LogP contribution in [0.25, 0.3) is 0 Å². The van der Waals surface area contributed by atoms with E-state index in [9.17, 15) is 0 Å². The van der Waals surface area contributed by atoms with E-state index in [0.29, 0.717) is 35.7 Å². The zero-order valence-electron chi connectivity index (χ0n) is 14.7. The third-order valence-electron chi connectivity index (χ3n) is 4.16. The number of aromatic nitrogens is 1. The van der Waals surface area contributed by atoms with Crippen LogP contribution in [0.3, 0.4) is 0 Å². The summed E-state index contributed by atoms with van der Waals surface area (Å²) in [6, 6.07) is 5.58. The van der Waals surface area contributed by atoms with Crippen LogP contribution in [0.2, 0.25) is 16.6 Å². The van der Waals surface area contributed by atoms with E-state index in [1.54, 1.807) is 6.20 Å².